The Morgan fingerprint density at radius 3 is 2.81 bits per heavy atom. The largest absolute Gasteiger partial charge is 0.394 e. The molecule has 0 bridgehead atoms. The van der Waals surface area contributed by atoms with Crippen LogP contribution in [0, 0.1) is 0 Å². The number of aromatic nitrogens is 4. The van der Waals surface area contributed by atoms with Crippen molar-refractivity contribution in [2.45, 2.75) is 31.3 Å². The fourth-order valence-corrected chi connectivity index (χ4v) is 3.19. The summed E-state index contributed by atoms with van der Waals surface area (Å²) in [6.45, 7) is 0.202. The molecule has 4 rings (SSSR count). The van der Waals surface area contributed by atoms with Crippen molar-refractivity contribution in [3.63, 3.8) is 0 Å². The van der Waals surface area contributed by atoms with Gasteiger partial charge in [-0.3, -0.25) is 4.79 Å². The van der Waals surface area contributed by atoms with Crippen molar-refractivity contribution in [3.05, 3.63) is 48.5 Å². The van der Waals surface area contributed by atoms with Crippen molar-refractivity contribution in [2.24, 2.45) is 0 Å². The molecule has 9 nitrogen and oxygen atoms in total. The molecular weight excluding hydrogens is 350 g/mol. The van der Waals surface area contributed by atoms with Gasteiger partial charge < -0.3 is 24.8 Å². The molecule has 1 saturated heterocycles. The number of carbonyl (C=O) groups excluding carboxylic acids is 1. The first-order valence-corrected chi connectivity index (χ1v) is 8.62. The third-order valence-corrected chi connectivity index (χ3v) is 4.55. The van der Waals surface area contributed by atoms with E-state index in [1.807, 2.05) is 6.07 Å². The molecule has 0 radical (unpaired) electrons. The van der Waals surface area contributed by atoms with Gasteiger partial charge in [-0.25, -0.2) is 15.0 Å². The second-order valence-corrected chi connectivity index (χ2v) is 6.39. The fourth-order valence-electron chi connectivity index (χ4n) is 3.19. The number of anilines is 1. The molecule has 0 aliphatic carbocycles. The Morgan fingerprint density at radius 2 is 2.07 bits per heavy atom. The van der Waals surface area contributed by atoms with Crippen LogP contribution in [0.4, 0.5) is 5.82 Å². The minimum Gasteiger partial charge on any atom is -0.394 e. The van der Waals surface area contributed by atoms with Crippen molar-refractivity contribution < 1.29 is 19.7 Å². The number of nitrogens with one attached hydrogen (secondary N) is 1. The topological polar surface area (TPSA) is 122 Å². The zero-order valence-electron chi connectivity index (χ0n) is 14.4. The quantitative estimate of drug-likeness (QED) is 0.601. The van der Waals surface area contributed by atoms with Crippen molar-refractivity contribution in [2.75, 3.05) is 11.9 Å². The van der Waals surface area contributed by atoms with Crippen LogP contribution in [0.15, 0.2) is 43.0 Å². The highest BCUT2D eigenvalue weighted by molar-refractivity contribution is 6.06. The van der Waals surface area contributed by atoms with Gasteiger partial charge in [0.2, 0.25) is 0 Å². The van der Waals surface area contributed by atoms with Gasteiger partial charge in [-0.1, -0.05) is 18.2 Å². The van der Waals surface area contributed by atoms with Crippen molar-refractivity contribution in [1.82, 2.24) is 19.5 Å². The molecule has 1 amide bonds. The number of fused-ring (bicyclic) bond motifs is 1. The Bertz CT molecular complexity index is 945. The van der Waals surface area contributed by atoms with Crippen molar-refractivity contribution in [3.8, 4) is 0 Å². The smallest absolute Gasteiger partial charge is 0.256 e. The standard InChI is InChI=1S/C18H19N5O4/c24-8-14-13(25)6-12(27-14)7-23-10-21-15-16(19-9-20-17(15)23)22-18(26)11-4-2-1-3-5-11/h1-5,9-10,12-14,24-25H,6-8H2,(H,19,20,22,26)/t12?,13-,14+/m0/s1. The van der Waals surface area contributed by atoms with Crippen LogP contribution in [-0.2, 0) is 11.3 Å². The molecule has 1 unspecified atom stereocenters. The minimum atomic E-state index is -0.690. The van der Waals surface area contributed by atoms with Gasteiger partial charge in [-0.05, 0) is 12.1 Å². The van der Waals surface area contributed by atoms with Gasteiger partial charge in [0.25, 0.3) is 5.91 Å². The predicted molar refractivity (Wildman–Crippen MR) is 96.1 cm³/mol. The number of hydrogen-bond acceptors (Lipinski definition) is 7. The SMILES string of the molecule is O=C(Nc1ncnc2c1ncn2CC1C[C@H](O)[C@@H](CO)O1)c1ccccc1. The number of aliphatic hydroxyl groups excluding tert-OH is 2. The lowest BCUT2D eigenvalue weighted by molar-refractivity contribution is -0.0255. The molecule has 2 aromatic heterocycles. The number of hydrogen-bond donors (Lipinski definition) is 3. The molecule has 0 saturated carbocycles. The van der Waals surface area contributed by atoms with E-state index in [0.29, 0.717) is 35.5 Å². The zero-order chi connectivity index (χ0) is 18.8. The number of imidazole rings is 1. The molecule has 3 aromatic rings. The van der Waals surface area contributed by atoms with Crippen LogP contribution in [0.3, 0.4) is 0 Å². The van der Waals surface area contributed by atoms with Crippen LogP contribution in [0.1, 0.15) is 16.8 Å². The average molecular weight is 369 g/mol. The summed E-state index contributed by atoms with van der Waals surface area (Å²) in [7, 11) is 0. The Balaban J connectivity index is 1.54. The van der Waals surface area contributed by atoms with Crippen LogP contribution in [0.2, 0.25) is 0 Å². The van der Waals surface area contributed by atoms with E-state index in [9.17, 15) is 15.0 Å². The lowest BCUT2D eigenvalue weighted by atomic mass is 10.1. The van der Waals surface area contributed by atoms with E-state index in [1.165, 1.54) is 6.33 Å². The summed E-state index contributed by atoms with van der Waals surface area (Å²) >= 11 is 0. The lowest BCUT2D eigenvalue weighted by Crippen LogP contribution is -2.24. The molecule has 1 fully saturated rings. The van der Waals surface area contributed by atoms with Gasteiger partial charge in [0, 0.05) is 12.0 Å². The van der Waals surface area contributed by atoms with E-state index in [-0.39, 0.29) is 18.6 Å². The maximum absolute atomic E-state index is 12.4. The minimum absolute atomic E-state index is 0.222. The third kappa shape index (κ3) is 3.52. The van der Waals surface area contributed by atoms with Crippen LogP contribution in [-0.4, -0.2) is 60.6 Å². The normalized spacial score (nSPS) is 22.2. The van der Waals surface area contributed by atoms with Gasteiger partial charge in [-0.2, -0.15) is 0 Å². The van der Waals surface area contributed by atoms with Crippen LogP contribution in [0.5, 0.6) is 0 Å². The molecule has 1 aliphatic heterocycles. The number of amides is 1. The summed E-state index contributed by atoms with van der Waals surface area (Å²) in [6, 6.07) is 8.84. The first-order valence-electron chi connectivity index (χ1n) is 8.62. The molecule has 1 aromatic carbocycles. The van der Waals surface area contributed by atoms with Gasteiger partial charge in [-0.15, -0.1) is 0 Å². The summed E-state index contributed by atoms with van der Waals surface area (Å²) in [6.07, 6.45) is 1.87. The number of nitrogens with zero attached hydrogens (tertiary/aromatic N) is 4. The Labute approximate surface area is 154 Å². The van der Waals surface area contributed by atoms with E-state index in [2.05, 4.69) is 20.3 Å². The van der Waals surface area contributed by atoms with Crippen molar-refractivity contribution in [1.29, 1.82) is 0 Å². The molecule has 3 N–H and O–H groups in total. The van der Waals surface area contributed by atoms with Crippen LogP contribution < -0.4 is 5.32 Å². The summed E-state index contributed by atoms with van der Waals surface area (Å²) < 4.78 is 7.42. The molecule has 1 aliphatic rings. The van der Waals surface area contributed by atoms with Crippen LogP contribution >= 0.6 is 0 Å². The summed E-state index contributed by atoms with van der Waals surface area (Å²) in [5.41, 5.74) is 1.55. The van der Waals surface area contributed by atoms with E-state index in [0.717, 1.165) is 0 Å². The molecule has 3 heterocycles. The number of aliphatic hydroxyl groups is 2. The fraction of sp³-hybridized carbons (Fsp3) is 0.333. The summed E-state index contributed by atoms with van der Waals surface area (Å²) in [5, 5.41) is 21.8. The van der Waals surface area contributed by atoms with Crippen molar-refractivity contribution >= 4 is 22.9 Å². The Hall–Kier alpha value is -2.88. The van der Waals surface area contributed by atoms with E-state index < -0.39 is 12.2 Å². The first kappa shape index (κ1) is 17.5. The van der Waals surface area contributed by atoms with Gasteiger partial charge in [0.05, 0.1) is 31.7 Å². The van der Waals surface area contributed by atoms with E-state index in [4.69, 9.17) is 4.74 Å². The summed E-state index contributed by atoms with van der Waals surface area (Å²) in [5.74, 6) is 0.0476. The second-order valence-electron chi connectivity index (χ2n) is 6.39. The number of carbonyl (C=O) groups is 1. The first-order chi connectivity index (χ1) is 13.2. The summed E-state index contributed by atoms with van der Waals surface area (Å²) in [4.78, 5) is 25.1. The highest BCUT2D eigenvalue weighted by Gasteiger charge is 2.33. The second kappa shape index (κ2) is 7.39. The van der Waals surface area contributed by atoms with Crippen LogP contribution in [0.25, 0.3) is 11.2 Å². The molecule has 0 spiro atoms. The maximum Gasteiger partial charge on any atom is 0.256 e. The number of benzene rings is 1. The highest BCUT2D eigenvalue weighted by atomic mass is 16.5. The monoisotopic (exact) mass is 369 g/mol. The number of ether oxygens (including phenoxy) is 1. The highest BCUT2D eigenvalue weighted by Crippen LogP contribution is 2.24. The molecular formula is C18H19N5O4. The van der Waals surface area contributed by atoms with Gasteiger partial charge in [0.1, 0.15) is 12.4 Å². The Morgan fingerprint density at radius 1 is 1.26 bits per heavy atom. The zero-order valence-corrected chi connectivity index (χ0v) is 14.4. The van der Waals surface area contributed by atoms with Gasteiger partial charge >= 0.3 is 0 Å². The number of rotatable bonds is 5. The average Bonchev–Trinajstić information content (AvgIpc) is 3.26. The predicted octanol–water partition coefficient (Wildman–Crippen LogP) is 0.589. The van der Waals surface area contributed by atoms with E-state index >= 15 is 0 Å². The third-order valence-electron chi connectivity index (χ3n) is 4.55. The molecule has 3 atom stereocenters. The van der Waals surface area contributed by atoms with E-state index in [1.54, 1.807) is 35.2 Å². The molecule has 27 heavy (non-hydrogen) atoms. The lowest BCUT2D eigenvalue weighted by Gasteiger charge is -2.13. The molecule has 9 heteroatoms. The Kier molecular flexibility index (Phi) is 4.80. The maximum atomic E-state index is 12.4. The van der Waals surface area contributed by atoms with Gasteiger partial charge in [0.15, 0.2) is 17.0 Å². The molecule has 140 valence electrons.